The smallest absolute Gasteiger partial charge is 0.229 e. The van der Waals surface area contributed by atoms with Gasteiger partial charge in [-0.15, -0.1) is 0 Å². The molecule has 84 valence electrons. The van der Waals surface area contributed by atoms with Crippen LogP contribution >= 0.6 is 11.8 Å². The average Bonchev–Trinajstić information content (AvgIpc) is 2.18. The van der Waals surface area contributed by atoms with Gasteiger partial charge >= 0.3 is 0 Å². The second-order valence-corrected chi connectivity index (χ2v) is 4.36. The van der Waals surface area contributed by atoms with Crippen molar-refractivity contribution in [3.63, 3.8) is 0 Å². The molecule has 0 aliphatic rings. The third kappa shape index (κ3) is 8.38. The number of carbonyl (C=O) groups is 1. The van der Waals surface area contributed by atoms with E-state index in [1.54, 1.807) is 11.8 Å². The maximum Gasteiger partial charge on any atom is 0.229 e. The number of amides is 1. The minimum absolute atomic E-state index is 0.0757. The van der Waals surface area contributed by atoms with Crippen LogP contribution in [-0.2, 0) is 4.79 Å². The van der Waals surface area contributed by atoms with Crippen LogP contribution in [0.25, 0.3) is 0 Å². The van der Waals surface area contributed by atoms with E-state index in [0.29, 0.717) is 18.7 Å². The van der Waals surface area contributed by atoms with Crippen molar-refractivity contribution < 1.29 is 9.90 Å². The topological polar surface area (TPSA) is 49.3 Å². The Hall–Kier alpha value is -0.220. The maximum absolute atomic E-state index is 11.2. The van der Waals surface area contributed by atoms with E-state index in [9.17, 15) is 9.90 Å². The van der Waals surface area contributed by atoms with Gasteiger partial charge in [0.25, 0.3) is 0 Å². The van der Waals surface area contributed by atoms with Gasteiger partial charge in [0, 0.05) is 6.54 Å². The van der Waals surface area contributed by atoms with E-state index < -0.39 is 0 Å². The summed E-state index contributed by atoms with van der Waals surface area (Å²) in [7, 11) is 0. The minimum Gasteiger partial charge on any atom is -0.393 e. The molecule has 0 aromatic heterocycles. The summed E-state index contributed by atoms with van der Waals surface area (Å²) in [5.41, 5.74) is 0. The lowest BCUT2D eigenvalue weighted by Crippen LogP contribution is -2.28. The zero-order chi connectivity index (χ0) is 10.8. The summed E-state index contributed by atoms with van der Waals surface area (Å²) in [6.07, 6.45) is 2.23. The van der Waals surface area contributed by atoms with E-state index in [2.05, 4.69) is 12.2 Å². The van der Waals surface area contributed by atoms with Crippen molar-refractivity contribution in [2.45, 2.75) is 39.2 Å². The molecule has 1 amide bonds. The van der Waals surface area contributed by atoms with Crippen LogP contribution in [0.1, 0.15) is 33.1 Å². The van der Waals surface area contributed by atoms with Gasteiger partial charge in [0.05, 0.1) is 11.9 Å². The Morgan fingerprint density at radius 3 is 2.79 bits per heavy atom. The van der Waals surface area contributed by atoms with Crippen molar-refractivity contribution >= 4 is 17.7 Å². The van der Waals surface area contributed by atoms with Gasteiger partial charge in [0.1, 0.15) is 0 Å². The van der Waals surface area contributed by atoms with Gasteiger partial charge in [-0.1, -0.05) is 13.8 Å². The number of aliphatic hydroxyl groups excluding tert-OH is 1. The molecule has 0 heterocycles. The van der Waals surface area contributed by atoms with E-state index in [4.69, 9.17) is 0 Å². The Balaban J connectivity index is 3.26. The third-order valence-corrected chi connectivity index (χ3v) is 3.02. The standard InChI is InChI=1S/C10H21NO2S/c1-3-7-14-8-10(13)11-6-5-9(12)4-2/h9,12H,3-8H2,1-2H3,(H,11,13). The predicted octanol–water partition coefficient (Wildman–Crippen LogP) is 1.41. The van der Waals surface area contributed by atoms with Gasteiger partial charge in [0.2, 0.25) is 5.91 Å². The largest absolute Gasteiger partial charge is 0.393 e. The molecule has 0 aliphatic carbocycles. The first kappa shape index (κ1) is 13.8. The lowest BCUT2D eigenvalue weighted by molar-refractivity contribution is -0.118. The quantitative estimate of drug-likeness (QED) is 0.607. The molecule has 0 saturated heterocycles. The second-order valence-electron chi connectivity index (χ2n) is 3.25. The maximum atomic E-state index is 11.2. The van der Waals surface area contributed by atoms with Crippen LogP contribution in [-0.4, -0.2) is 35.2 Å². The fourth-order valence-electron chi connectivity index (χ4n) is 0.943. The molecule has 1 atom stereocenters. The monoisotopic (exact) mass is 219 g/mol. The van der Waals surface area contributed by atoms with E-state index >= 15 is 0 Å². The second kappa shape index (κ2) is 9.34. The highest BCUT2D eigenvalue weighted by Gasteiger charge is 2.03. The SMILES string of the molecule is CCCSCC(=O)NCCC(O)CC. The highest BCUT2D eigenvalue weighted by Crippen LogP contribution is 2.01. The van der Waals surface area contributed by atoms with Crippen LogP contribution in [0, 0.1) is 0 Å². The first-order valence-electron chi connectivity index (χ1n) is 5.23. The molecule has 0 radical (unpaired) electrons. The van der Waals surface area contributed by atoms with E-state index in [-0.39, 0.29) is 12.0 Å². The van der Waals surface area contributed by atoms with Crippen molar-refractivity contribution in [3.8, 4) is 0 Å². The molecule has 0 spiro atoms. The van der Waals surface area contributed by atoms with Gasteiger partial charge < -0.3 is 10.4 Å². The normalized spacial score (nSPS) is 12.5. The fraction of sp³-hybridized carbons (Fsp3) is 0.900. The highest BCUT2D eigenvalue weighted by molar-refractivity contribution is 7.99. The van der Waals surface area contributed by atoms with Crippen molar-refractivity contribution in [2.75, 3.05) is 18.1 Å². The molecule has 0 aromatic carbocycles. The number of rotatable bonds is 8. The van der Waals surface area contributed by atoms with Gasteiger partial charge in [-0.3, -0.25) is 4.79 Å². The molecule has 1 unspecified atom stereocenters. The van der Waals surface area contributed by atoms with E-state index in [1.165, 1.54) is 0 Å². The summed E-state index contributed by atoms with van der Waals surface area (Å²) >= 11 is 1.65. The molecule has 0 rings (SSSR count). The summed E-state index contributed by atoms with van der Waals surface area (Å²) in [6, 6.07) is 0. The lowest BCUT2D eigenvalue weighted by atomic mass is 10.2. The van der Waals surface area contributed by atoms with Crippen molar-refractivity contribution in [1.82, 2.24) is 5.32 Å². The Kier molecular flexibility index (Phi) is 9.19. The molecule has 14 heavy (non-hydrogen) atoms. The number of nitrogens with one attached hydrogen (secondary N) is 1. The summed E-state index contributed by atoms with van der Waals surface area (Å²) in [5, 5.41) is 12.0. The first-order chi connectivity index (χ1) is 6.70. The molecule has 2 N–H and O–H groups in total. The van der Waals surface area contributed by atoms with Crippen molar-refractivity contribution in [2.24, 2.45) is 0 Å². The molecule has 4 heteroatoms. The number of hydrogen-bond donors (Lipinski definition) is 2. The predicted molar refractivity (Wildman–Crippen MR) is 61.5 cm³/mol. The molecular weight excluding hydrogens is 198 g/mol. The number of hydrogen-bond acceptors (Lipinski definition) is 3. The molecule has 0 fully saturated rings. The third-order valence-electron chi connectivity index (χ3n) is 1.85. The van der Waals surface area contributed by atoms with Gasteiger partial charge in [-0.2, -0.15) is 11.8 Å². The van der Waals surface area contributed by atoms with Crippen LogP contribution in [0.15, 0.2) is 0 Å². The van der Waals surface area contributed by atoms with Crippen molar-refractivity contribution in [3.05, 3.63) is 0 Å². The summed E-state index contributed by atoms with van der Waals surface area (Å²) in [4.78, 5) is 11.2. The molecule has 3 nitrogen and oxygen atoms in total. The lowest BCUT2D eigenvalue weighted by Gasteiger charge is -2.08. The van der Waals surface area contributed by atoms with Crippen LogP contribution in [0.5, 0.6) is 0 Å². The Morgan fingerprint density at radius 2 is 2.21 bits per heavy atom. The molecule has 0 aliphatic heterocycles. The molecular formula is C10H21NO2S. The highest BCUT2D eigenvalue weighted by atomic mass is 32.2. The Labute approximate surface area is 90.7 Å². The Morgan fingerprint density at radius 1 is 1.50 bits per heavy atom. The van der Waals surface area contributed by atoms with Crippen molar-refractivity contribution in [1.29, 1.82) is 0 Å². The molecule has 0 bridgehead atoms. The molecule has 0 aromatic rings. The van der Waals surface area contributed by atoms with E-state index in [0.717, 1.165) is 18.6 Å². The summed E-state index contributed by atoms with van der Waals surface area (Å²) in [5.74, 6) is 1.65. The van der Waals surface area contributed by atoms with Gasteiger partial charge in [0.15, 0.2) is 0 Å². The van der Waals surface area contributed by atoms with Gasteiger partial charge in [-0.05, 0) is 25.0 Å². The zero-order valence-corrected chi connectivity index (χ0v) is 9.90. The molecule has 0 saturated carbocycles. The van der Waals surface area contributed by atoms with Crippen LogP contribution < -0.4 is 5.32 Å². The van der Waals surface area contributed by atoms with Crippen LogP contribution in [0.2, 0.25) is 0 Å². The number of thioether (sulfide) groups is 1. The van der Waals surface area contributed by atoms with Crippen LogP contribution in [0.4, 0.5) is 0 Å². The average molecular weight is 219 g/mol. The summed E-state index contributed by atoms with van der Waals surface area (Å²) < 4.78 is 0. The summed E-state index contributed by atoms with van der Waals surface area (Å²) in [6.45, 7) is 4.62. The van der Waals surface area contributed by atoms with E-state index in [1.807, 2.05) is 6.92 Å². The zero-order valence-electron chi connectivity index (χ0n) is 9.08. The Bertz CT molecular complexity index is 153. The van der Waals surface area contributed by atoms with Gasteiger partial charge in [-0.25, -0.2) is 0 Å². The number of carbonyl (C=O) groups excluding carboxylic acids is 1. The number of aliphatic hydroxyl groups is 1. The van der Waals surface area contributed by atoms with Crippen LogP contribution in [0.3, 0.4) is 0 Å². The fourth-order valence-corrected chi connectivity index (χ4v) is 1.66. The minimum atomic E-state index is -0.279. The first-order valence-corrected chi connectivity index (χ1v) is 6.38.